The molecule has 104 valence electrons. The fourth-order valence-corrected chi connectivity index (χ4v) is 2.30. The highest BCUT2D eigenvalue weighted by molar-refractivity contribution is 5.91. The number of hydrogen-bond donors (Lipinski definition) is 0. The molecule has 19 heavy (non-hydrogen) atoms. The third-order valence-electron chi connectivity index (χ3n) is 3.37. The lowest BCUT2D eigenvalue weighted by Crippen LogP contribution is -2.33. The van der Waals surface area contributed by atoms with E-state index in [2.05, 4.69) is 11.8 Å². The molecule has 1 aromatic rings. The van der Waals surface area contributed by atoms with Crippen LogP contribution in [0.4, 0.5) is 5.69 Å². The maximum Gasteiger partial charge on any atom is 0.337 e. The van der Waals surface area contributed by atoms with Gasteiger partial charge in [-0.15, -0.1) is 0 Å². The van der Waals surface area contributed by atoms with E-state index in [1.165, 1.54) is 26.4 Å². The predicted molar refractivity (Wildman–Crippen MR) is 75.0 cm³/mol. The van der Waals surface area contributed by atoms with Gasteiger partial charge in [0.05, 0.1) is 24.9 Å². The molecule has 0 aromatic heterocycles. The topological polar surface area (TPSA) is 38.8 Å². The molecule has 0 radical (unpaired) electrons. The maximum atomic E-state index is 11.6. The number of rotatable bonds is 5. The highest BCUT2D eigenvalue weighted by atomic mass is 16.5. The van der Waals surface area contributed by atoms with E-state index in [4.69, 9.17) is 9.47 Å². The van der Waals surface area contributed by atoms with Crippen molar-refractivity contribution in [1.82, 2.24) is 0 Å². The molecule has 1 aliphatic rings. The highest BCUT2D eigenvalue weighted by Gasteiger charge is 2.19. The normalized spacial score (nSPS) is 13.7. The van der Waals surface area contributed by atoms with E-state index >= 15 is 0 Å². The smallest absolute Gasteiger partial charge is 0.337 e. The van der Waals surface area contributed by atoms with E-state index in [-0.39, 0.29) is 5.97 Å². The lowest BCUT2D eigenvalue weighted by Gasteiger charge is -2.31. The Morgan fingerprint density at radius 1 is 1.42 bits per heavy atom. The number of carbonyl (C=O) groups is 1. The third kappa shape index (κ3) is 3.19. The van der Waals surface area contributed by atoms with Crippen molar-refractivity contribution >= 4 is 11.7 Å². The fourth-order valence-electron chi connectivity index (χ4n) is 2.30. The zero-order chi connectivity index (χ0) is 13.7. The zero-order valence-electron chi connectivity index (χ0n) is 11.6. The first-order chi connectivity index (χ1) is 9.26. The Labute approximate surface area is 114 Å². The minimum absolute atomic E-state index is 0.304. The van der Waals surface area contributed by atoms with Gasteiger partial charge in [0, 0.05) is 6.54 Å². The van der Waals surface area contributed by atoms with Crippen molar-refractivity contribution in [3.8, 4) is 5.75 Å². The van der Waals surface area contributed by atoms with Crippen LogP contribution in [-0.4, -0.2) is 32.8 Å². The van der Waals surface area contributed by atoms with Gasteiger partial charge in [0.25, 0.3) is 0 Å². The van der Waals surface area contributed by atoms with E-state index in [1.54, 1.807) is 6.07 Å². The summed E-state index contributed by atoms with van der Waals surface area (Å²) in [5.74, 6) is 0.553. The fraction of sp³-hybridized carbons (Fsp3) is 0.533. The number of carbonyl (C=O) groups excluding carboxylic acids is 1. The van der Waals surface area contributed by atoms with Crippen molar-refractivity contribution in [1.29, 1.82) is 0 Å². The monoisotopic (exact) mass is 263 g/mol. The van der Waals surface area contributed by atoms with Gasteiger partial charge >= 0.3 is 5.97 Å². The number of unbranched alkanes of at least 4 members (excludes halogenated alkanes) is 2. The molecule has 0 spiro atoms. The largest absolute Gasteiger partial charge is 0.490 e. The predicted octanol–water partition coefficient (Wildman–Crippen LogP) is 2.86. The first kappa shape index (κ1) is 13.7. The van der Waals surface area contributed by atoms with Gasteiger partial charge < -0.3 is 14.4 Å². The number of benzene rings is 1. The minimum Gasteiger partial charge on any atom is -0.490 e. The third-order valence-corrected chi connectivity index (χ3v) is 3.37. The Hall–Kier alpha value is -1.71. The number of hydrogen-bond acceptors (Lipinski definition) is 4. The van der Waals surface area contributed by atoms with Crippen LogP contribution in [0, 0.1) is 0 Å². The van der Waals surface area contributed by atoms with Gasteiger partial charge in [-0.2, -0.15) is 0 Å². The molecule has 4 nitrogen and oxygen atoms in total. The maximum absolute atomic E-state index is 11.6. The summed E-state index contributed by atoms with van der Waals surface area (Å²) in [4.78, 5) is 13.9. The molecular weight excluding hydrogens is 242 g/mol. The van der Waals surface area contributed by atoms with Crippen LogP contribution in [0.2, 0.25) is 0 Å². The molecule has 1 heterocycles. The van der Waals surface area contributed by atoms with Crippen LogP contribution in [0.25, 0.3) is 0 Å². The first-order valence-corrected chi connectivity index (χ1v) is 6.86. The van der Waals surface area contributed by atoms with Crippen LogP contribution in [0.3, 0.4) is 0 Å². The second-order valence-electron chi connectivity index (χ2n) is 4.72. The Morgan fingerprint density at radius 3 is 3.00 bits per heavy atom. The first-order valence-electron chi connectivity index (χ1n) is 6.86. The van der Waals surface area contributed by atoms with E-state index in [9.17, 15) is 4.79 Å². The molecule has 0 aliphatic carbocycles. The average molecular weight is 263 g/mol. The summed E-state index contributed by atoms with van der Waals surface area (Å²) >= 11 is 0. The van der Waals surface area contributed by atoms with E-state index in [1.807, 2.05) is 12.1 Å². The van der Waals surface area contributed by atoms with Gasteiger partial charge in [-0.1, -0.05) is 19.8 Å². The molecule has 0 saturated heterocycles. The van der Waals surface area contributed by atoms with Gasteiger partial charge in [-0.25, -0.2) is 4.79 Å². The van der Waals surface area contributed by atoms with Crippen molar-refractivity contribution in [2.75, 3.05) is 31.7 Å². The van der Waals surface area contributed by atoms with Crippen LogP contribution in [0.5, 0.6) is 5.75 Å². The highest BCUT2D eigenvalue weighted by Crippen LogP contribution is 2.32. The van der Waals surface area contributed by atoms with Crippen LogP contribution in [-0.2, 0) is 4.74 Å². The van der Waals surface area contributed by atoms with Crippen LogP contribution < -0.4 is 9.64 Å². The Bertz CT molecular complexity index is 445. The number of nitrogens with zero attached hydrogens (tertiary/aromatic N) is 1. The quantitative estimate of drug-likeness (QED) is 0.605. The average Bonchev–Trinajstić information content (AvgIpc) is 2.46. The molecule has 0 bridgehead atoms. The van der Waals surface area contributed by atoms with Crippen LogP contribution in [0.15, 0.2) is 18.2 Å². The molecule has 2 rings (SSSR count). The summed E-state index contributed by atoms with van der Waals surface area (Å²) in [6, 6.07) is 5.47. The second kappa shape index (κ2) is 6.45. The van der Waals surface area contributed by atoms with Gasteiger partial charge in [-0.3, -0.25) is 0 Å². The summed E-state index contributed by atoms with van der Waals surface area (Å²) in [6.07, 6.45) is 3.60. The number of ether oxygens (including phenoxy) is 2. The van der Waals surface area contributed by atoms with Crippen molar-refractivity contribution in [2.45, 2.75) is 26.2 Å². The Balaban J connectivity index is 2.17. The molecule has 0 amide bonds. The summed E-state index contributed by atoms with van der Waals surface area (Å²) in [5, 5.41) is 0. The van der Waals surface area contributed by atoms with Crippen molar-refractivity contribution < 1.29 is 14.3 Å². The van der Waals surface area contributed by atoms with Gasteiger partial charge in [0.2, 0.25) is 0 Å². The molecule has 0 unspecified atom stereocenters. The van der Waals surface area contributed by atoms with Crippen LogP contribution in [0.1, 0.15) is 36.5 Å². The lowest BCUT2D eigenvalue weighted by atomic mass is 10.1. The number of anilines is 1. The van der Waals surface area contributed by atoms with Crippen molar-refractivity contribution in [2.24, 2.45) is 0 Å². The second-order valence-corrected chi connectivity index (χ2v) is 4.72. The molecule has 0 fully saturated rings. The molecule has 1 aliphatic heterocycles. The summed E-state index contributed by atoms with van der Waals surface area (Å²) in [7, 11) is 1.40. The van der Waals surface area contributed by atoms with Crippen LogP contribution >= 0.6 is 0 Å². The molecule has 1 aromatic carbocycles. The standard InChI is InChI=1S/C15H21NO3/c1-3-4-5-8-16-9-10-19-14-7-6-12(11-13(14)16)15(17)18-2/h6-7,11H,3-5,8-10H2,1-2H3. The summed E-state index contributed by atoms with van der Waals surface area (Å²) in [5.41, 5.74) is 1.58. The molecule has 0 saturated carbocycles. The molecule has 0 N–H and O–H groups in total. The zero-order valence-corrected chi connectivity index (χ0v) is 11.6. The number of esters is 1. The Kier molecular flexibility index (Phi) is 4.66. The molecule has 4 heteroatoms. The van der Waals surface area contributed by atoms with Gasteiger partial charge in [0.15, 0.2) is 0 Å². The summed E-state index contributed by atoms with van der Waals surface area (Å²) in [6.45, 7) is 4.79. The minimum atomic E-state index is -0.304. The summed E-state index contributed by atoms with van der Waals surface area (Å²) < 4.78 is 10.4. The van der Waals surface area contributed by atoms with E-state index < -0.39 is 0 Å². The van der Waals surface area contributed by atoms with E-state index in [0.29, 0.717) is 12.2 Å². The van der Waals surface area contributed by atoms with Crippen molar-refractivity contribution in [3.63, 3.8) is 0 Å². The molecule has 0 atom stereocenters. The lowest BCUT2D eigenvalue weighted by molar-refractivity contribution is 0.0600. The molecular formula is C15H21NO3. The number of methoxy groups -OCH3 is 1. The SMILES string of the molecule is CCCCCN1CCOc2ccc(C(=O)OC)cc21. The Morgan fingerprint density at radius 2 is 2.26 bits per heavy atom. The van der Waals surface area contributed by atoms with Gasteiger partial charge in [0.1, 0.15) is 12.4 Å². The van der Waals surface area contributed by atoms with Gasteiger partial charge in [-0.05, 0) is 24.6 Å². The van der Waals surface area contributed by atoms with Crippen molar-refractivity contribution in [3.05, 3.63) is 23.8 Å². The van der Waals surface area contributed by atoms with E-state index in [0.717, 1.165) is 24.5 Å². The number of fused-ring (bicyclic) bond motifs is 1.